The van der Waals surface area contributed by atoms with E-state index in [1.165, 1.54) is 11.3 Å². The topological polar surface area (TPSA) is 90.0 Å². The Kier molecular flexibility index (Phi) is 5.63. The van der Waals surface area contributed by atoms with Crippen LogP contribution in [-0.2, 0) is 4.79 Å². The lowest BCUT2D eigenvalue weighted by molar-refractivity contribution is -0.119. The van der Waals surface area contributed by atoms with Crippen molar-refractivity contribution in [1.82, 2.24) is 15.0 Å². The summed E-state index contributed by atoms with van der Waals surface area (Å²) in [6.07, 6.45) is 0.861. The molecule has 136 valence electrons. The highest BCUT2D eigenvalue weighted by molar-refractivity contribution is 7.99. The molecule has 8 heteroatoms. The Hall–Kier alpha value is -2.32. The van der Waals surface area contributed by atoms with Crippen LogP contribution in [0, 0.1) is 0 Å². The molecule has 0 fully saturated rings. The molecule has 3 rings (SSSR count). The van der Waals surface area contributed by atoms with Gasteiger partial charge in [-0.25, -0.2) is 9.66 Å². The van der Waals surface area contributed by atoms with Crippen LogP contribution in [0.1, 0.15) is 20.3 Å². The van der Waals surface area contributed by atoms with Gasteiger partial charge < -0.3 is 11.2 Å². The van der Waals surface area contributed by atoms with Gasteiger partial charge in [-0.1, -0.05) is 49.0 Å². The standard InChI is InChI=1S/C18H20N4O2S2/c1-3-11(2)20-14(23)10-26-18-21-16-15(17(24)22(18)19)13(9-25-16)12-7-5-4-6-8-12/h4-9,11H,3,10,19H2,1-2H3,(H,20,23). The average molecular weight is 389 g/mol. The number of amides is 1. The fraction of sp³-hybridized carbons (Fsp3) is 0.278. The lowest BCUT2D eigenvalue weighted by atomic mass is 10.1. The lowest BCUT2D eigenvalue weighted by Gasteiger charge is -2.11. The van der Waals surface area contributed by atoms with E-state index in [2.05, 4.69) is 10.3 Å². The highest BCUT2D eigenvalue weighted by atomic mass is 32.2. The second kappa shape index (κ2) is 7.92. The molecule has 3 aromatic rings. The van der Waals surface area contributed by atoms with Gasteiger partial charge in [-0.3, -0.25) is 9.59 Å². The van der Waals surface area contributed by atoms with Crippen LogP contribution in [0.3, 0.4) is 0 Å². The van der Waals surface area contributed by atoms with Crippen LogP contribution in [-0.4, -0.2) is 27.4 Å². The molecule has 1 amide bonds. The number of rotatable bonds is 6. The van der Waals surface area contributed by atoms with Gasteiger partial charge in [-0.15, -0.1) is 11.3 Å². The van der Waals surface area contributed by atoms with Crippen LogP contribution >= 0.6 is 23.1 Å². The summed E-state index contributed by atoms with van der Waals surface area (Å²) in [6.45, 7) is 3.95. The first-order valence-corrected chi connectivity index (χ1v) is 10.1. The van der Waals surface area contributed by atoms with E-state index in [1.54, 1.807) is 0 Å². The summed E-state index contributed by atoms with van der Waals surface area (Å²) in [7, 11) is 0. The number of nitrogens with one attached hydrogen (secondary N) is 1. The molecule has 0 aliphatic heterocycles. The first-order valence-electron chi connectivity index (χ1n) is 8.28. The molecular weight excluding hydrogens is 368 g/mol. The monoisotopic (exact) mass is 388 g/mol. The van der Waals surface area contributed by atoms with Crippen LogP contribution in [0.4, 0.5) is 0 Å². The second-order valence-electron chi connectivity index (χ2n) is 5.93. The minimum Gasteiger partial charge on any atom is -0.353 e. The molecule has 3 N–H and O–H groups in total. The van der Waals surface area contributed by atoms with E-state index >= 15 is 0 Å². The zero-order valence-electron chi connectivity index (χ0n) is 14.6. The third kappa shape index (κ3) is 3.76. The molecule has 26 heavy (non-hydrogen) atoms. The summed E-state index contributed by atoms with van der Waals surface area (Å²) in [5.74, 6) is 6.02. The summed E-state index contributed by atoms with van der Waals surface area (Å²) in [6, 6.07) is 9.79. The van der Waals surface area contributed by atoms with Gasteiger partial charge in [0.05, 0.1) is 11.1 Å². The molecule has 0 spiro atoms. The number of benzene rings is 1. The van der Waals surface area contributed by atoms with E-state index in [0.717, 1.165) is 34.0 Å². The van der Waals surface area contributed by atoms with Crippen molar-refractivity contribution in [3.05, 3.63) is 46.1 Å². The number of fused-ring (bicyclic) bond motifs is 1. The summed E-state index contributed by atoms with van der Waals surface area (Å²) in [5, 5.41) is 5.65. The Labute approximate surface area is 159 Å². The molecule has 1 unspecified atom stereocenters. The van der Waals surface area contributed by atoms with E-state index in [0.29, 0.717) is 15.4 Å². The Balaban J connectivity index is 1.89. The summed E-state index contributed by atoms with van der Waals surface area (Å²) >= 11 is 2.56. The van der Waals surface area contributed by atoms with Crippen molar-refractivity contribution in [2.45, 2.75) is 31.5 Å². The Morgan fingerprint density at radius 3 is 2.81 bits per heavy atom. The highest BCUT2D eigenvalue weighted by Crippen LogP contribution is 2.31. The number of carbonyl (C=O) groups excluding carboxylic acids is 1. The maximum atomic E-state index is 12.8. The van der Waals surface area contributed by atoms with E-state index < -0.39 is 0 Å². The van der Waals surface area contributed by atoms with Gasteiger partial charge >= 0.3 is 0 Å². The number of carbonyl (C=O) groups is 1. The fourth-order valence-corrected chi connectivity index (χ4v) is 4.18. The molecule has 2 aromatic heterocycles. The fourth-order valence-electron chi connectivity index (χ4n) is 2.47. The number of aromatic nitrogens is 2. The van der Waals surface area contributed by atoms with Crippen molar-refractivity contribution in [3.63, 3.8) is 0 Å². The molecule has 0 aliphatic carbocycles. The van der Waals surface area contributed by atoms with Gasteiger partial charge in [0.15, 0.2) is 5.16 Å². The van der Waals surface area contributed by atoms with Crippen LogP contribution in [0.15, 0.2) is 45.7 Å². The number of thiophene rings is 1. The van der Waals surface area contributed by atoms with Crippen LogP contribution < -0.4 is 16.7 Å². The van der Waals surface area contributed by atoms with E-state index in [4.69, 9.17) is 5.84 Å². The third-order valence-corrected chi connectivity index (χ3v) is 5.87. The Morgan fingerprint density at radius 1 is 1.38 bits per heavy atom. The van der Waals surface area contributed by atoms with Crippen LogP contribution in [0.5, 0.6) is 0 Å². The van der Waals surface area contributed by atoms with Crippen molar-refractivity contribution in [1.29, 1.82) is 0 Å². The first kappa shape index (κ1) is 18.5. The van der Waals surface area contributed by atoms with Crippen molar-refractivity contribution >= 4 is 39.2 Å². The third-order valence-electron chi connectivity index (χ3n) is 4.04. The number of hydrogen-bond donors (Lipinski definition) is 2. The average Bonchev–Trinajstić information content (AvgIpc) is 3.08. The predicted molar refractivity (Wildman–Crippen MR) is 108 cm³/mol. The molecule has 1 atom stereocenters. The van der Waals surface area contributed by atoms with Crippen LogP contribution in [0.25, 0.3) is 21.3 Å². The SMILES string of the molecule is CCC(C)NC(=O)CSc1nc2scc(-c3ccccc3)c2c(=O)n1N. The Morgan fingerprint density at radius 2 is 2.12 bits per heavy atom. The zero-order valence-corrected chi connectivity index (χ0v) is 16.2. The smallest absolute Gasteiger partial charge is 0.282 e. The van der Waals surface area contributed by atoms with Crippen molar-refractivity contribution in [2.75, 3.05) is 11.6 Å². The van der Waals surface area contributed by atoms with Gasteiger partial charge in [0.25, 0.3) is 5.56 Å². The Bertz CT molecular complexity index is 982. The molecule has 0 radical (unpaired) electrons. The summed E-state index contributed by atoms with van der Waals surface area (Å²) in [5.41, 5.74) is 1.47. The number of nitrogens with two attached hydrogens (primary N) is 1. The summed E-state index contributed by atoms with van der Waals surface area (Å²) < 4.78 is 1.03. The minimum absolute atomic E-state index is 0.102. The minimum atomic E-state index is -0.306. The molecule has 1 aromatic carbocycles. The van der Waals surface area contributed by atoms with Gasteiger partial charge in [0, 0.05) is 17.0 Å². The highest BCUT2D eigenvalue weighted by Gasteiger charge is 2.17. The molecule has 0 saturated carbocycles. The van der Waals surface area contributed by atoms with Gasteiger partial charge in [-0.05, 0) is 18.9 Å². The summed E-state index contributed by atoms with van der Waals surface area (Å²) in [4.78, 5) is 29.8. The van der Waals surface area contributed by atoms with Gasteiger partial charge in [0.1, 0.15) is 4.83 Å². The van der Waals surface area contributed by atoms with E-state index in [-0.39, 0.29) is 23.3 Å². The first-order chi connectivity index (χ1) is 12.5. The number of thioether (sulfide) groups is 1. The van der Waals surface area contributed by atoms with Crippen LogP contribution in [0.2, 0.25) is 0 Å². The molecular formula is C18H20N4O2S2. The largest absolute Gasteiger partial charge is 0.353 e. The molecule has 0 saturated heterocycles. The van der Waals surface area contributed by atoms with Crippen molar-refractivity contribution < 1.29 is 4.79 Å². The van der Waals surface area contributed by atoms with Crippen molar-refractivity contribution in [2.24, 2.45) is 0 Å². The number of hydrogen-bond acceptors (Lipinski definition) is 6. The predicted octanol–water partition coefficient (Wildman–Crippen LogP) is 2.85. The zero-order chi connectivity index (χ0) is 18.7. The van der Waals surface area contributed by atoms with Crippen molar-refractivity contribution in [3.8, 4) is 11.1 Å². The van der Waals surface area contributed by atoms with Gasteiger partial charge in [-0.2, -0.15) is 0 Å². The second-order valence-corrected chi connectivity index (χ2v) is 7.73. The quantitative estimate of drug-likeness (QED) is 0.385. The number of nitrogen functional groups attached to an aromatic ring is 1. The van der Waals surface area contributed by atoms with Gasteiger partial charge in [0.2, 0.25) is 5.91 Å². The molecule has 0 aliphatic rings. The van der Waals surface area contributed by atoms with E-state index in [1.807, 2.05) is 49.6 Å². The maximum Gasteiger partial charge on any atom is 0.282 e. The molecule has 2 heterocycles. The molecule has 0 bridgehead atoms. The number of nitrogens with zero attached hydrogens (tertiary/aromatic N) is 2. The maximum absolute atomic E-state index is 12.8. The molecule has 6 nitrogen and oxygen atoms in total. The lowest BCUT2D eigenvalue weighted by Crippen LogP contribution is -2.34. The normalized spacial score (nSPS) is 12.2. The van der Waals surface area contributed by atoms with E-state index in [9.17, 15) is 9.59 Å².